The molecule has 12 heteroatoms. The van der Waals surface area contributed by atoms with Gasteiger partial charge >= 0.3 is 11.9 Å². The Morgan fingerprint density at radius 1 is 1.11 bits per heavy atom. The van der Waals surface area contributed by atoms with Crippen molar-refractivity contribution in [3.63, 3.8) is 0 Å². The van der Waals surface area contributed by atoms with Crippen LogP contribution in [0.3, 0.4) is 0 Å². The van der Waals surface area contributed by atoms with E-state index in [9.17, 15) is 19.2 Å². The van der Waals surface area contributed by atoms with Gasteiger partial charge in [-0.05, 0) is 73.4 Å². The molecule has 0 bridgehead atoms. The zero-order chi connectivity index (χ0) is 33.5. The van der Waals surface area contributed by atoms with Gasteiger partial charge in [-0.3, -0.25) is 14.9 Å². The van der Waals surface area contributed by atoms with E-state index in [1.54, 1.807) is 41.8 Å². The molecule has 2 atom stereocenters. The minimum Gasteiger partial charge on any atom is -0.497 e. The maximum absolute atomic E-state index is 13.9. The summed E-state index contributed by atoms with van der Waals surface area (Å²) in [5.74, 6) is -1.43. The number of cyclic esters (lactones) is 1. The number of nitrogens with zero attached hydrogens (tertiary/aromatic N) is 2. The number of hydrogen-bond acceptors (Lipinski definition) is 9. The van der Waals surface area contributed by atoms with Gasteiger partial charge in [-0.15, -0.1) is 0 Å². The van der Waals surface area contributed by atoms with Crippen molar-refractivity contribution >= 4 is 46.1 Å². The third-order valence-electron chi connectivity index (χ3n) is 8.54. The molecule has 0 saturated heterocycles. The fourth-order valence-electron chi connectivity index (χ4n) is 6.12. The number of carbonyl (C=O) groups excluding carboxylic acids is 3. The van der Waals surface area contributed by atoms with E-state index in [-0.39, 0.29) is 47.2 Å². The zero-order valence-electron chi connectivity index (χ0n) is 26.4. The van der Waals surface area contributed by atoms with Crippen LogP contribution in [0.4, 0.5) is 0 Å². The second kappa shape index (κ2) is 12.6. The summed E-state index contributed by atoms with van der Waals surface area (Å²) >= 11 is 5.40. The van der Waals surface area contributed by atoms with E-state index in [2.05, 4.69) is 10.6 Å². The Morgan fingerprint density at radius 2 is 1.85 bits per heavy atom. The van der Waals surface area contributed by atoms with E-state index in [1.807, 2.05) is 44.2 Å². The summed E-state index contributed by atoms with van der Waals surface area (Å²) < 4.78 is 18.3. The van der Waals surface area contributed by atoms with E-state index >= 15 is 0 Å². The third-order valence-corrected chi connectivity index (χ3v) is 8.76. The monoisotopic (exact) mass is 654 g/mol. The summed E-state index contributed by atoms with van der Waals surface area (Å²) in [5, 5.41) is 6.35. The van der Waals surface area contributed by atoms with Crippen LogP contribution in [0.1, 0.15) is 60.7 Å². The molecule has 242 valence electrons. The Balaban J connectivity index is 1.30. The molecule has 2 aliphatic heterocycles. The van der Waals surface area contributed by atoms with E-state index in [0.29, 0.717) is 29.2 Å². The standard InChI is InChI=1S/C35H34N4O7S/c1-5-35(46-32(42)27(14-19(2)3)37-34(47)38-30(40)20-10-12-23(44-4)13-11-20)25-16-28-29-22(15-21-8-6-7-9-26(21)36-29)17-39(28)31(41)24(25)18-45-33(35)43/h6-13,15-16,19,27H,5,14,17-18H2,1-4H3,(H2,37,38,40,47)/t27-,35-/m0/s1. The number of carbonyl (C=O) groups is 3. The number of thiocarbonyl (C=S) groups is 1. The molecule has 0 unspecified atom stereocenters. The summed E-state index contributed by atoms with van der Waals surface area (Å²) in [6.45, 7) is 5.60. The molecule has 11 nitrogen and oxygen atoms in total. The molecule has 0 aliphatic carbocycles. The van der Waals surface area contributed by atoms with Crippen LogP contribution in [-0.4, -0.2) is 45.7 Å². The second-order valence-electron chi connectivity index (χ2n) is 12.0. The fourth-order valence-corrected chi connectivity index (χ4v) is 6.36. The summed E-state index contributed by atoms with van der Waals surface area (Å²) in [7, 11) is 1.53. The summed E-state index contributed by atoms with van der Waals surface area (Å²) in [6.07, 6.45) is 0.287. The largest absolute Gasteiger partial charge is 0.497 e. The van der Waals surface area contributed by atoms with Crippen LogP contribution in [0.25, 0.3) is 22.3 Å². The molecule has 4 aromatic rings. The first-order valence-corrected chi connectivity index (χ1v) is 15.8. The van der Waals surface area contributed by atoms with Crippen molar-refractivity contribution in [2.45, 2.75) is 58.4 Å². The van der Waals surface area contributed by atoms with Crippen LogP contribution >= 0.6 is 12.2 Å². The van der Waals surface area contributed by atoms with Gasteiger partial charge in [0.15, 0.2) is 5.11 Å². The Hall–Kier alpha value is -5.10. The number of ether oxygens (including phenoxy) is 3. The topological polar surface area (TPSA) is 138 Å². The van der Waals surface area contributed by atoms with Crippen LogP contribution in [0.5, 0.6) is 5.75 Å². The Kier molecular flexibility index (Phi) is 8.54. The molecule has 0 spiro atoms. The first-order chi connectivity index (χ1) is 22.5. The van der Waals surface area contributed by atoms with E-state index in [0.717, 1.165) is 16.5 Å². The van der Waals surface area contributed by atoms with Gasteiger partial charge in [-0.2, -0.15) is 0 Å². The lowest BCUT2D eigenvalue weighted by Gasteiger charge is -2.37. The molecule has 2 aromatic carbocycles. The molecule has 2 N–H and O–H groups in total. The average Bonchev–Trinajstić information content (AvgIpc) is 3.42. The van der Waals surface area contributed by atoms with Gasteiger partial charge in [0.2, 0.25) is 5.60 Å². The van der Waals surface area contributed by atoms with Crippen molar-refractivity contribution in [2.24, 2.45) is 5.92 Å². The molecule has 0 saturated carbocycles. The lowest BCUT2D eigenvalue weighted by molar-refractivity contribution is -0.190. The van der Waals surface area contributed by atoms with Gasteiger partial charge in [-0.1, -0.05) is 39.0 Å². The highest BCUT2D eigenvalue weighted by atomic mass is 32.1. The Morgan fingerprint density at radius 3 is 2.55 bits per heavy atom. The minimum absolute atomic E-state index is 0.00798. The Bertz CT molecular complexity index is 1990. The third kappa shape index (κ3) is 5.85. The van der Waals surface area contributed by atoms with Gasteiger partial charge in [0.25, 0.3) is 11.5 Å². The van der Waals surface area contributed by atoms with Gasteiger partial charge < -0.3 is 24.1 Å². The van der Waals surface area contributed by atoms with Gasteiger partial charge in [0.1, 0.15) is 18.4 Å². The molecule has 1 amide bonds. The normalized spacial score (nSPS) is 16.8. The molecule has 0 radical (unpaired) electrons. The summed E-state index contributed by atoms with van der Waals surface area (Å²) in [5.41, 5.74) is 1.47. The summed E-state index contributed by atoms with van der Waals surface area (Å²) in [6, 6.07) is 16.9. The summed E-state index contributed by atoms with van der Waals surface area (Å²) in [4.78, 5) is 59.0. The molecular weight excluding hydrogens is 620 g/mol. The maximum Gasteiger partial charge on any atom is 0.355 e. The van der Waals surface area contributed by atoms with Crippen molar-refractivity contribution in [1.29, 1.82) is 0 Å². The van der Waals surface area contributed by atoms with Crippen LogP contribution in [-0.2, 0) is 37.8 Å². The molecular formula is C35H34N4O7S. The number of nitrogens with one attached hydrogen (secondary N) is 2. The van der Waals surface area contributed by atoms with Gasteiger partial charge in [0, 0.05) is 22.1 Å². The number of para-hydroxylation sites is 1. The van der Waals surface area contributed by atoms with E-state index in [1.165, 1.54) is 7.11 Å². The lowest BCUT2D eigenvalue weighted by atomic mass is 9.85. The van der Waals surface area contributed by atoms with Crippen molar-refractivity contribution in [2.75, 3.05) is 7.11 Å². The number of aromatic nitrogens is 2. The first kappa shape index (κ1) is 31.9. The predicted molar refractivity (Wildman–Crippen MR) is 178 cm³/mol. The van der Waals surface area contributed by atoms with Crippen LogP contribution in [0, 0.1) is 5.92 Å². The predicted octanol–water partition coefficient (Wildman–Crippen LogP) is 4.36. The molecule has 2 aromatic heterocycles. The fraction of sp³-hybridized carbons (Fsp3) is 0.314. The second-order valence-corrected chi connectivity index (χ2v) is 12.4. The van der Waals surface area contributed by atoms with Gasteiger partial charge in [-0.25, -0.2) is 14.6 Å². The van der Waals surface area contributed by atoms with E-state index < -0.39 is 29.5 Å². The number of rotatable bonds is 8. The number of hydrogen-bond donors (Lipinski definition) is 2. The zero-order valence-corrected chi connectivity index (χ0v) is 27.2. The van der Waals surface area contributed by atoms with Gasteiger partial charge in [0.05, 0.1) is 36.1 Å². The smallest absolute Gasteiger partial charge is 0.355 e. The molecule has 6 rings (SSSR count). The molecule has 47 heavy (non-hydrogen) atoms. The SMILES string of the molecule is CC[C@@]1(OC(=O)[C@H](CC(C)C)NC(=S)NC(=O)c2ccc(OC)cc2)C(=O)OCc2c1cc1n(c2=O)Cc2cc3ccccc3nc2-1. The number of methoxy groups -OCH3 is 1. The van der Waals surface area contributed by atoms with E-state index in [4.69, 9.17) is 31.4 Å². The van der Waals surface area contributed by atoms with Crippen molar-refractivity contribution < 1.29 is 28.6 Å². The lowest BCUT2D eigenvalue weighted by Crippen LogP contribution is -2.53. The number of fused-ring (bicyclic) bond motifs is 5. The van der Waals surface area contributed by atoms with Crippen molar-refractivity contribution in [3.8, 4) is 17.1 Å². The van der Waals surface area contributed by atoms with Crippen LogP contribution < -0.4 is 20.9 Å². The highest BCUT2D eigenvalue weighted by Gasteiger charge is 2.51. The van der Waals surface area contributed by atoms with Crippen molar-refractivity contribution in [3.05, 3.63) is 93.3 Å². The number of benzene rings is 2. The van der Waals surface area contributed by atoms with Crippen molar-refractivity contribution in [1.82, 2.24) is 20.2 Å². The van der Waals surface area contributed by atoms with Crippen LogP contribution in [0.2, 0.25) is 0 Å². The maximum atomic E-state index is 13.9. The van der Waals surface area contributed by atoms with Crippen LogP contribution in [0.15, 0.2) is 65.5 Å². The highest BCUT2D eigenvalue weighted by Crippen LogP contribution is 2.41. The molecule has 2 aliphatic rings. The molecule has 4 heterocycles. The average molecular weight is 655 g/mol. The Labute approximate surface area is 276 Å². The highest BCUT2D eigenvalue weighted by molar-refractivity contribution is 7.80. The quantitative estimate of drug-likeness (QED) is 0.183. The number of pyridine rings is 2. The number of amides is 1. The minimum atomic E-state index is -1.89. The number of esters is 2. The first-order valence-electron chi connectivity index (χ1n) is 15.4. The molecule has 0 fully saturated rings.